The fourth-order valence-electron chi connectivity index (χ4n) is 6.16. The summed E-state index contributed by atoms with van der Waals surface area (Å²) >= 11 is 3.87. The van der Waals surface area contributed by atoms with Crippen LogP contribution in [0, 0.1) is 17.8 Å². The molecule has 0 amide bonds. The summed E-state index contributed by atoms with van der Waals surface area (Å²) in [4.78, 5) is 3.36. The van der Waals surface area contributed by atoms with Gasteiger partial charge in [-0.3, -0.25) is 0 Å². The van der Waals surface area contributed by atoms with E-state index in [0.717, 1.165) is 24.9 Å². The van der Waals surface area contributed by atoms with E-state index in [1.807, 2.05) is 0 Å². The van der Waals surface area contributed by atoms with Gasteiger partial charge < -0.3 is 10.0 Å². The number of aliphatic hydroxyl groups excluding tert-OH is 1. The van der Waals surface area contributed by atoms with Gasteiger partial charge in [-0.05, 0) is 38.0 Å². The van der Waals surface area contributed by atoms with E-state index in [1.165, 1.54) is 77.0 Å². The van der Waals surface area contributed by atoms with E-state index in [1.54, 1.807) is 5.70 Å². The van der Waals surface area contributed by atoms with Gasteiger partial charge in [0.25, 0.3) is 0 Å². The van der Waals surface area contributed by atoms with Crippen LogP contribution in [0.1, 0.15) is 83.5 Å². The van der Waals surface area contributed by atoms with E-state index >= 15 is 0 Å². The molecule has 0 aromatic heterocycles. The lowest BCUT2D eigenvalue weighted by molar-refractivity contribution is 0.0570. The second-order valence-electron chi connectivity index (χ2n) is 9.22. The summed E-state index contributed by atoms with van der Waals surface area (Å²) in [5.74, 6) is 1.84. The van der Waals surface area contributed by atoms with Crippen LogP contribution in [0.5, 0.6) is 0 Å². The number of alkyl halides is 1. The van der Waals surface area contributed by atoms with Crippen molar-refractivity contribution in [1.29, 1.82) is 0 Å². The van der Waals surface area contributed by atoms with Crippen molar-refractivity contribution >= 4 is 15.9 Å². The Balaban J connectivity index is 1.46. The summed E-state index contributed by atoms with van der Waals surface area (Å²) in [6.45, 7) is 1.12. The van der Waals surface area contributed by atoms with Crippen LogP contribution in [0.3, 0.4) is 0 Å². The normalized spacial score (nSPS) is 36.2. The molecule has 3 aliphatic carbocycles. The first kappa shape index (κ1) is 18.3. The first-order valence-electron chi connectivity index (χ1n) is 11.0. The SMILES string of the molecule is OC(CC1CCCCC1)C1CN(C2CCCCC2)C2=CC[C@H](Br)CC21. The van der Waals surface area contributed by atoms with Crippen LogP contribution in [0.15, 0.2) is 11.8 Å². The summed E-state index contributed by atoms with van der Waals surface area (Å²) in [5, 5.41) is 11.2. The molecule has 0 aromatic rings. The van der Waals surface area contributed by atoms with Crippen LogP contribution in [0.2, 0.25) is 0 Å². The number of likely N-dealkylation sites (tertiary alicyclic amines) is 1. The van der Waals surface area contributed by atoms with Crippen LogP contribution < -0.4 is 0 Å². The molecule has 25 heavy (non-hydrogen) atoms. The Morgan fingerprint density at radius 1 is 1.04 bits per heavy atom. The van der Waals surface area contributed by atoms with Crippen LogP contribution in [0.25, 0.3) is 0 Å². The van der Waals surface area contributed by atoms with E-state index in [9.17, 15) is 5.11 Å². The smallest absolute Gasteiger partial charge is 0.0594 e. The molecule has 3 heteroatoms. The van der Waals surface area contributed by atoms with E-state index in [0.29, 0.717) is 16.7 Å². The predicted molar refractivity (Wildman–Crippen MR) is 108 cm³/mol. The molecule has 0 bridgehead atoms. The molecule has 1 saturated heterocycles. The zero-order valence-corrected chi connectivity index (χ0v) is 17.3. The average Bonchev–Trinajstić information content (AvgIpc) is 3.02. The number of fused-ring (bicyclic) bond motifs is 1. The van der Waals surface area contributed by atoms with Crippen LogP contribution in [-0.4, -0.2) is 33.5 Å². The Morgan fingerprint density at radius 3 is 2.44 bits per heavy atom. The molecule has 2 nitrogen and oxygen atoms in total. The van der Waals surface area contributed by atoms with E-state index < -0.39 is 0 Å². The molecule has 4 atom stereocenters. The number of hydrogen-bond acceptors (Lipinski definition) is 2. The highest BCUT2D eigenvalue weighted by molar-refractivity contribution is 9.09. The highest BCUT2D eigenvalue weighted by atomic mass is 79.9. The topological polar surface area (TPSA) is 23.5 Å². The zero-order valence-electron chi connectivity index (χ0n) is 15.7. The van der Waals surface area contributed by atoms with Crippen molar-refractivity contribution in [2.24, 2.45) is 17.8 Å². The summed E-state index contributed by atoms with van der Waals surface area (Å²) < 4.78 is 0. The Kier molecular flexibility index (Phi) is 6.12. The highest BCUT2D eigenvalue weighted by Crippen LogP contribution is 2.46. The number of halogens is 1. The van der Waals surface area contributed by atoms with Gasteiger partial charge in [-0.15, -0.1) is 0 Å². The number of aliphatic hydroxyl groups is 1. The van der Waals surface area contributed by atoms with Gasteiger partial charge in [0.05, 0.1) is 6.10 Å². The van der Waals surface area contributed by atoms with Crippen molar-refractivity contribution in [3.05, 3.63) is 11.8 Å². The van der Waals surface area contributed by atoms with E-state index in [2.05, 4.69) is 26.9 Å². The third-order valence-corrected chi connectivity index (χ3v) is 8.29. The van der Waals surface area contributed by atoms with Gasteiger partial charge in [0, 0.05) is 34.9 Å². The van der Waals surface area contributed by atoms with E-state index in [4.69, 9.17) is 0 Å². The maximum atomic E-state index is 11.2. The Bertz CT molecular complexity index is 467. The molecule has 0 radical (unpaired) electrons. The maximum Gasteiger partial charge on any atom is 0.0594 e. The van der Waals surface area contributed by atoms with Gasteiger partial charge in [-0.25, -0.2) is 0 Å². The summed E-state index contributed by atoms with van der Waals surface area (Å²) in [6.07, 6.45) is 19.7. The van der Waals surface area contributed by atoms with Crippen molar-refractivity contribution in [3.8, 4) is 0 Å². The van der Waals surface area contributed by atoms with Gasteiger partial charge >= 0.3 is 0 Å². The Hall–Kier alpha value is -0.0200. The zero-order chi connectivity index (χ0) is 17.2. The monoisotopic (exact) mass is 409 g/mol. The van der Waals surface area contributed by atoms with Crippen LogP contribution >= 0.6 is 15.9 Å². The quantitative estimate of drug-likeness (QED) is 0.607. The Labute approximate surface area is 162 Å². The van der Waals surface area contributed by atoms with Crippen molar-refractivity contribution < 1.29 is 5.11 Å². The molecule has 4 rings (SSSR count). The lowest BCUT2D eigenvalue weighted by Gasteiger charge is -2.36. The molecule has 1 aliphatic heterocycles. The molecule has 0 spiro atoms. The third kappa shape index (κ3) is 4.13. The minimum Gasteiger partial charge on any atom is -0.393 e. The molecule has 3 unspecified atom stereocenters. The lowest BCUT2D eigenvalue weighted by atomic mass is 9.77. The van der Waals surface area contributed by atoms with Crippen molar-refractivity contribution in [2.75, 3.05) is 6.54 Å². The maximum absolute atomic E-state index is 11.2. The third-order valence-electron chi connectivity index (χ3n) is 7.54. The second kappa shape index (κ2) is 8.33. The van der Waals surface area contributed by atoms with Crippen molar-refractivity contribution in [1.82, 2.24) is 4.90 Å². The van der Waals surface area contributed by atoms with E-state index in [-0.39, 0.29) is 6.10 Å². The molecular weight excluding hydrogens is 374 g/mol. The number of rotatable bonds is 4. The minimum atomic E-state index is -0.0945. The first-order valence-corrected chi connectivity index (χ1v) is 11.9. The van der Waals surface area contributed by atoms with Gasteiger partial charge in [0.1, 0.15) is 0 Å². The second-order valence-corrected chi connectivity index (χ2v) is 10.5. The fraction of sp³-hybridized carbons (Fsp3) is 0.909. The van der Waals surface area contributed by atoms with Gasteiger partial charge in [-0.1, -0.05) is 73.4 Å². The number of allylic oxidation sites excluding steroid dienone is 2. The summed E-state index contributed by atoms with van der Waals surface area (Å²) in [6, 6.07) is 0.751. The largest absolute Gasteiger partial charge is 0.393 e. The lowest BCUT2D eigenvalue weighted by Crippen LogP contribution is -2.35. The standard InChI is InChI=1S/C22H36BrNO/c23-17-11-12-21-19(14-17)20(15-24(21)18-9-5-2-6-10-18)22(25)13-16-7-3-1-4-8-16/h12,16-20,22,25H,1-11,13-15H2/t17-,19?,20?,22?/m0/s1. The average molecular weight is 410 g/mol. The first-order chi connectivity index (χ1) is 12.2. The van der Waals surface area contributed by atoms with Gasteiger partial charge in [0.2, 0.25) is 0 Å². The summed E-state index contributed by atoms with van der Waals surface area (Å²) in [7, 11) is 0. The predicted octanol–water partition coefficient (Wildman–Crippen LogP) is 5.64. The Morgan fingerprint density at radius 2 is 1.72 bits per heavy atom. The molecule has 0 aromatic carbocycles. The van der Waals surface area contributed by atoms with Crippen LogP contribution in [0.4, 0.5) is 0 Å². The molecular formula is C22H36BrNO. The summed E-state index contributed by atoms with van der Waals surface area (Å²) in [5.41, 5.74) is 1.61. The highest BCUT2D eigenvalue weighted by Gasteiger charge is 2.45. The molecule has 142 valence electrons. The number of nitrogens with zero attached hydrogens (tertiary/aromatic N) is 1. The van der Waals surface area contributed by atoms with Crippen molar-refractivity contribution in [3.63, 3.8) is 0 Å². The number of hydrogen-bond donors (Lipinski definition) is 1. The molecule has 1 N–H and O–H groups in total. The van der Waals surface area contributed by atoms with Crippen LogP contribution in [-0.2, 0) is 0 Å². The molecule has 1 heterocycles. The van der Waals surface area contributed by atoms with Crippen molar-refractivity contribution in [2.45, 2.75) is 100 Å². The molecule has 2 saturated carbocycles. The molecule has 4 aliphatic rings. The van der Waals surface area contributed by atoms with Gasteiger partial charge in [0.15, 0.2) is 0 Å². The fourth-order valence-corrected chi connectivity index (χ4v) is 6.75. The molecule has 3 fully saturated rings. The van der Waals surface area contributed by atoms with Gasteiger partial charge in [-0.2, -0.15) is 0 Å². The minimum absolute atomic E-state index is 0.0945.